The Labute approximate surface area is 75.4 Å². The monoisotopic (exact) mass is 171 g/mol. The average molecular weight is 171 g/mol. The zero-order valence-electron chi connectivity index (χ0n) is 8.05. The maximum Gasteiger partial charge on any atom is 0.0580 e. The highest BCUT2D eigenvalue weighted by atomic mass is 16.3. The fraction of sp³-hybridized carbons (Fsp3) is 1.00. The van der Waals surface area contributed by atoms with E-state index in [1.807, 2.05) is 0 Å². The molecule has 1 fully saturated rings. The summed E-state index contributed by atoms with van der Waals surface area (Å²) in [5, 5.41) is 13.1. The molecule has 0 amide bonds. The molecule has 0 spiro atoms. The first-order valence-electron chi connectivity index (χ1n) is 5.23. The third kappa shape index (κ3) is 3.11. The molecule has 2 nitrogen and oxygen atoms in total. The smallest absolute Gasteiger partial charge is 0.0580 e. The second kappa shape index (κ2) is 5.55. The Morgan fingerprint density at radius 3 is 3.00 bits per heavy atom. The zero-order chi connectivity index (χ0) is 8.81. The molecule has 1 aliphatic heterocycles. The van der Waals surface area contributed by atoms with Gasteiger partial charge in [0.15, 0.2) is 0 Å². The highest BCUT2D eigenvalue weighted by Crippen LogP contribution is 2.18. The van der Waals surface area contributed by atoms with Crippen LogP contribution >= 0.6 is 0 Å². The van der Waals surface area contributed by atoms with E-state index in [1.54, 1.807) is 0 Å². The number of aliphatic hydroxyl groups is 1. The molecule has 1 aliphatic rings. The number of rotatable bonds is 4. The van der Waals surface area contributed by atoms with E-state index in [4.69, 9.17) is 0 Å². The first-order valence-corrected chi connectivity index (χ1v) is 5.23. The highest BCUT2D eigenvalue weighted by Gasteiger charge is 2.20. The minimum absolute atomic E-state index is 0.0576. The van der Waals surface area contributed by atoms with Crippen LogP contribution < -0.4 is 5.32 Å². The van der Waals surface area contributed by atoms with E-state index in [0.717, 1.165) is 25.9 Å². The number of unbranched alkanes of at least 4 members (excludes halogenated alkanes) is 1. The summed E-state index contributed by atoms with van der Waals surface area (Å²) in [6.07, 6.45) is 5.72. The van der Waals surface area contributed by atoms with Gasteiger partial charge < -0.3 is 10.4 Å². The maximum absolute atomic E-state index is 9.77. The largest absolute Gasteiger partial charge is 0.393 e. The van der Waals surface area contributed by atoms with Gasteiger partial charge in [0.05, 0.1) is 6.10 Å². The van der Waals surface area contributed by atoms with Crippen molar-refractivity contribution in [3.63, 3.8) is 0 Å². The van der Waals surface area contributed by atoms with Crippen LogP contribution in [0.2, 0.25) is 0 Å². The lowest BCUT2D eigenvalue weighted by atomic mass is 9.91. The number of aliphatic hydroxyl groups excluding tert-OH is 1. The quantitative estimate of drug-likeness (QED) is 0.672. The van der Waals surface area contributed by atoms with Crippen molar-refractivity contribution in [1.29, 1.82) is 0 Å². The zero-order valence-corrected chi connectivity index (χ0v) is 8.05. The fourth-order valence-electron chi connectivity index (χ4n) is 1.86. The molecule has 12 heavy (non-hydrogen) atoms. The van der Waals surface area contributed by atoms with Gasteiger partial charge in [0.25, 0.3) is 0 Å². The van der Waals surface area contributed by atoms with E-state index >= 15 is 0 Å². The number of hydrogen-bond acceptors (Lipinski definition) is 2. The standard InChI is InChI=1S/C10H21NO/c1-2-3-6-10(12)9-5-4-7-11-8-9/h9-12H,2-8H2,1H3/t9-,10?/m1/s1. The minimum Gasteiger partial charge on any atom is -0.393 e. The van der Waals surface area contributed by atoms with Crippen molar-refractivity contribution in [2.24, 2.45) is 5.92 Å². The fourth-order valence-corrected chi connectivity index (χ4v) is 1.86. The predicted molar refractivity (Wildman–Crippen MR) is 51.1 cm³/mol. The van der Waals surface area contributed by atoms with Gasteiger partial charge in [-0.1, -0.05) is 19.8 Å². The SMILES string of the molecule is CCCCC(O)[C@@H]1CCCNC1. The van der Waals surface area contributed by atoms with Gasteiger partial charge in [0, 0.05) is 6.54 Å². The Morgan fingerprint density at radius 2 is 2.42 bits per heavy atom. The van der Waals surface area contributed by atoms with Crippen LogP contribution in [-0.2, 0) is 0 Å². The second-order valence-electron chi connectivity index (χ2n) is 3.82. The molecule has 0 saturated carbocycles. The first kappa shape index (κ1) is 10.0. The molecule has 0 aromatic heterocycles. The van der Waals surface area contributed by atoms with Crippen molar-refractivity contribution in [2.75, 3.05) is 13.1 Å². The average Bonchev–Trinajstić information content (AvgIpc) is 2.15. The lowest BCUT2D eigenvalue weighted by Crippen LogP contribution is -2.36. The van der Waals surface area contributed by atoms with Crippen molar-refractivity contribution in [1.82, 2.24) is 5.32 Å². The van der Waals surface area contributed by atoms with Crippen molar-refractivity contribution in [3.05, 3.63) is 0 Å². The van der Waals surface area contributed by atoms with E-state index in [2.05, 4.69) is 12.2 Å². The third-order valence-corrected chi connectivity index (χ3v) is 2.73. The Hall–Kier alpha value is -0.0800. The summed E-state index contributed by atoms with van der Waals surface area (Å²) in [6, 6.07) is 0. The van der Waals surface area contributed by atoms with Crippen LogP contribution in [0.15, 0.2) is 0 Å². The van der Waals surface area contributed by atoms with Gasteiger partial charge >= 0.3 is 0 Å². The molecule has 0 aliphatic carbocycles. The van der Waals surface area contributed by atoms with Gasteiger partial charge in [-0.25, -0.2) is 0 Å². The summed E-state index contributed by atoms with van der Waals surface area (Å²) in [7, 11) is 0. The molecule has 1 unspecified atom stereocenters. The molecule has 1 heterocycles. The molecule has 2 heteroatoms. The van der Waals surface area contributed by atoms with E-state index in [9.17, 15) is 5.11 Å². The Balaban J connectivity index is 2.15. The number of piperidine rings is 1. The molecule has 1 rings (SSSR count). The molecule has 0 aromatic rings. The van der Waals surface area contributed by atoms with Crippen molar-refractivity contribution in [2.45, 2.75) is 45.1 Å². The Kier molecular flexibility index (Phi) is 4.62. The number of nitrogens with one attached hydrogen (secondary N) is 1. The minimum atomic E-state index is -0.0576. The van der Waals surface area contributed by atoms with Gasteiger partial charge in [0.1, 0.15) is 0 Å². The van der Waals surface area contributed by atoms with Crippen LogP contribution in [0.25, 0.3) is 0 Å². The molecule has 0 aromatic carbocycles. The van der Waals surface area contributed by atoms with Crippen LogP contribution in [0.3, 0.4) is 0 Å². The molecule has 1 saturated heterocycles. The topological polar surface area (TPSA) is 32.3 Å². The van der Waals surface area contributed by atoms with Crippen LogP contribution in [0.4, 0.5) is 0 Å². The molecular formula is C10H21NO. The van der Waals surface area contributed by atoms with Gasteiger partial charge in [-0.3, -0.25) is 0 Å². The van der Waals surface area contributed by atoms with Crippen LogP contribution in [-0.4, -0.2) is 24.3 Å². The van der Waals surface area contributed by atoms with Crippen molar-refractivity contribution in [3.8, 4) is 0 Å². The van der Waals surface area contributed by atoms with Crippen LogP contribution in [0, 0.1) is 5.92 Å². The lowest BCUT2D eigenvalue weighted by Gasteiger charge is -2.27. The van der Waals surface area contributed by atoms with Gasteiger partial charge in [-0.2, -0.15) is 0 Å². The summed E-state index contributed by atoms with van der Waals surface area (Å²) in [5.74, 6) is 0.519. The maximum atomic E-state index is 9.77. The van der Waals surface area contributed by atoms with E-state index in [-0.39, 0.29) is 6.10 Å². The van der Waals surface area contributed by atoms with Gasteiger partial charge in [-0.05, 0) is 31.7 Å². The molecular weight excluding hydrogens is 150 g/mol. The highest BCUT2D eigenvalue weighted by molar-refractivity contribution is 4.75. The number of hydrogen-bond donors (Lipinski definition) is 2. The van der Waals surface area contributed by atoms with E-state index in [0.29, 0.717) is 5.92 Å². The summed E-state index contributed by atoms with van der Waals surface area (Å²) >= 11 is 0. The summed E-state index contributed by atoms with van der Waals surface area (Å²) < 4.78 is 0. The van der Waals surface area contributed by atoms with E-state index < -0.39 is 0 Å². The first-order chi connectivity index (χ1) is 5.84. The molecule has 0 radical (unpaired) electrons. The molecule has 0 bridgehead atoms. The Bertz CT molecular complexity index is 110. The van der Waals surface area contributed by atoms with E-state index in [1.165, 1.54) is 19.3 Å². The molecule has 2 N–H and O–H groups in total. The van der Waals surface area contributed by atoms with Crippen molar-refractivity contribution < 1.29 is 5.11 Å². The molecule has 72 valence electrons. The summed E-state index contributed by atoms with van der Waals surface area (Å²) in [5.41, 5.74) is 0. The van der Waals surface area contributed by atoms with Crippen molar-refractivity contribution >= 4 is 0 Å². The lowest BCUT2D eigenvalue weighted by molar-refractivity contribution is 0.0821. The summed E-state index contributed by atoms with van der Waals surface area (Å²) in [4.78, 5) is 0. The predicted octanol–water partition coefficient (Wildman–Crippen LogP) is 1.54. The summed E-state index contributed by atoms with van der Waals surface area (Å²) in [6.45, 7) is 4.33. The third-order valence-electron chi connectivity index (χ3n) is 2.73. The molecule has 2 atom stereocenters. The second-order valence-corrected chi connectivity index (χ2v) is 3.82. The van der Waals surface area contributed by atoms with Gasteiger partial charge in [-0.15, -0.1) is 0 Å². The normalized spacial score (nSPS) is 27.0. The Morgan fingerprint density at radius 1 is 1.58 bits per heavy atom. The van der Waals surface area contributed by atoms with Crippen LogP contribution in [0.5, 0.6) is 0 Å². The van der Waals surface area contributed by atoms with Crippen LogP contribution in [0.1, 0.15) is 39.0 Å². The van der Waals surface area contributed by atoms with Gasteiger partial charge in [0.2, 0.25) is 0 Å².